The van der Waals surface area contributed by atoms with Crippen molar-refractivity contribution < 1.29 is 14.3 Å². The summed E-state index contributed by atoms with van der Waals surface area (Å²) in [6, 6.07) is 7.76. The summed E-state index contributed by atoms with van der Waals surface area (Å²) in [6.45, 7) is 4.30. The molecule has 1 aromatic carbocycles. The number of benzene rings is 1. The summed E-state index contributed by atoms with van der Waals surface area (Å²) in [4.78, 5) is 32.9. The highest BCUT2D eigenvalue weighted by Gasteiger charge is 2.52. The molecule has 6 heteroatoms. The summed E-state index contributed by atoms with van der Waals surface area (Å²) < 4.78 is 6.18. The highest BCUT2D eigenvalue weighted by Crippen LogP contribution is 2.48. The second-order valence-electron chi connectivity index (χ2n) is 8.37. The van der Waals surface area contributed by atoms with E-state index >= 15 is 0 Å². The molecule has 0 bridgehead atoms. The lowest BCUT2D eigenvalue weighted by molar-refractivity contribution is -0.131. The Morgan fingerprint density at radius 3 is 2.59 bits per heavy atom. The molecule has 1 aromatic heterocycles. The molecule has 150 valence electrons. The normalized spacial score (nSPS) is 26.6. The summed E-state index contributed by atoms with van der Waals surface area (Å²) in [5.41, 5.74) is 2.67. The SMILES string of the molecule is CC(C)c1ccc(C2C3=C(OC4CCCCC4C3=O)C(=O)N2c2nccs2)cc1. The molecular formula is C23H24N2O3S. The van der Waals surface area contributed by atoms with Crippen LogP contribution in [0.5, 0.6) is 0 Å². The van der Waals surface area contributed by atoms with E-state index in [9.17, 15) is 9.59 Å². The maximum atomic E-state index is 13.5. The zero-order valence-electron chi connectivity index (χ0n) is 16.6. The highest BCUT2D eigenvalue weighted by molar-refractivity contribution is 7.13. The summed E-state index contributed by atoms with van der Waals surface area (Å²) >= 11 is 1.40. The first-order valence-electron chi connectivity index (χ1n) is 10.3. The van der Waals surface area contributed by atoms with Crippen molar-refractivity contribution in [1.82, 2.24) is 4.98 Å². The Labute approximate surface area is 174 Å². The van der Waals surface area contributed by atoms with E-state index in [0.717, 1.165) is 31.2 Å². The molecule has 0 spiro atoms. The van der Waals surface area contributed by atoms with Gasteiger partial charge in [-0.2, -0.15) is 0 Å². The van der Waals surface area contributed by atoms with Gasteiger partial charge in [0.25, 0.3) is 5.91 Å². The molecule has 1 fully saturated rings. The third-order valence-electron chi connectivity index (χ3n) is 6.31. The standard InChI is InChI=1S/C23H24N2O3S/c1-13(2)14-7-9-15(10-8-14)19-18-20(26)16-5-3-4-6-17(16)28-21(18)22(27)25(19)23-24-11-12-29-23/h7-13,16-17,19H,3-6H2,1-2H3. The number of ether oxygens (including phenoxy) is 1. The van der Waals surface area contributed by atoms with Crippen molar-refractivity contribution >= 4 is 28.2 Å². The van der Waals surface area contributed by atoms with Gasteiger partial charge in [-0.25, -0.2) is 4.98 Å². The Morgan fingerprint density at radius 2 is 1.90 bits per heavy atom. The van der Waals surface area contributed by atoms with E-state index in [1.165, 1.54) is 16.9 Å². The second-order valence-corrected chi connectivity index (χ2v) is 9.24. The smallest absolute Gasteiger partial charge is 0.296 e. The van der Waals surface area contributed by atoms with Crippen LogP contribution in [0, 0.1) is 5.92 Å². The Morgan fingerprint density at radius 1 is 1.14 bits per heavy atom. The van der Waals surface area contributed by atoms with Gasteiger partial charge in [-0.05, 0) is 36.3 Å². The first kappa shape index (κ1) is 18.6. The van der Waals surface area contributed by atoms with Crippen LogP contribution in [-0.2, 0) is 14.3 Å². The van der Waals surface area contributed by atoms with Crippen LogP contribution in [0.1, 0.15) is 62.6 Å². The van der Waals surface area contributed by atoms with Gasteiger partial charge >= 0.3 is 0 Å². The van der Waals surface area contributed by atoms with Crippen LogP contribution >= 0.6 is 11.3 Å². The Kier molecular flexibility index (Phi) is 4.54. The Balaban J connectivity index is 1.62. The van der Waals surface area contributed by atoms with Gasteiger partial charge in [0.2, 0.25) is 0 Å². The number of rotatable bonds is 3. The number of thiazole rings is 1. The summed E-state index contributed by atoms with van der Waals surface area (Å²) in [5.74, 6) is 0.364. The predicted molar refractivity (Wildman–Crippen MR) is 112 cm³/mol. The van der Waals surface area contributed by atoms with E-state index in [4.69, 9.17) is 4.74 Å². The molecule has 1 amide bonds. The predicted octanol–water partition coefficient (Wildman–Crippen LogP) is 4.77. The number of carbonyl (C=O) groups excluding carboxylic acids is 2. The molecule has 5 rings (SSSR count). The molecular weight excluding hydrogens is 384 g/mol. The van der Waals surface area contributed by atoms with Gasteiger partial charge in [-0.1, -0.05) is 44.5 Å². The quantitative estimate of drug-likeness (QED) is 0.734. The number of amides is 1. The minimum Gasteiger partial charge on any atom is -0.483 e. The van der Waals surface area contributed by atoms with Gasteiger partial charge in [0.15, 0.2) is 16.7 Å². The minimum atomic E-state index is -0.472. The molecule has 0 N–H and O–H groups in total. The van der Waals surface area contributed by atoms with E-state index in [2.05, 4.69) is 31.0 Å². The largest absolute Gasteiger partial charge is 0.483 e. The molecule has 0 saturated heterocycles. The average Bonchev–Trinajstić information content (AvgIpc) is 3.35. The van der Waals surface area contributed by atoms with Gasteiger partial charge < -0.3 is 4.74 Å². The van der Waals surface area contributed by atoms with Crippen molar-refractivity contribution in [2.45, 2.75) is 57.6 Å². The molecule has 0 radical (unpaired) electrons. The molecule has 1 saturated carbocycles. The molecule has 3 atom stereocenters. The average molecular weight is 409 g/mol. The van der Waals surface area contributed by atoms with Gasteiger partial charge in [0.05, 0.1) is 17.5 Å². The number of anilines is 1. The lowest BCUT2D eigenvalue weighted by atomic mass is 9.77. The van der Waals surface area contributed by atoms with Gasteiger partial charge in [0, 0.05) is 11.6 Å². The fourth-order valence-electron chi connectivity index (χ4n) is 4.76. The van der Waals surface area contributed by atoms with Crippen LogP contribution < -0.4 is 4.90 Å². The molecule has 5 nitrogen and oxygen atoms in total. The number of ketones is 1. The van der Waals surface area contributed by atoms with Crippen LogP contribution in [0.15, 0.2) is 47.2 Å². The summed E-state index contributed by atoms with van der Waals surface area (Å²) in [5, 5.41) is 2.45. The molecule has 1 aliphatic carbocycles. The highest BCUT2D eigenvalue weighted by atomic mass is 32.1. The van der Waals surface area contributed by atoms with E-state index in [1.807, 2.05) is 17.5 Å². The van der Waals surface area contributed by atoms with E-state index in [-0.39, 0.29) is 29.5 Å². The first-order valence-corrected chi connectivity index (χ1v) is 11.2. The Hall–Kier alpha value is -2.47. The van der Waals surface area contributed by atoms with Crippen LogP contribution in [0.25, 0.3) is 0 Å². The topological polar surface area (TPSA) is 59.5 Å². The number of hydrogen-bond donors (Lipinski definition) is 0. The Bertz CT molecular complexity index is 978. The third kappa shape index (κ3) is 2.92. The lowest BCUT2D eigenvalue weighted by Gasteiger charge is -2.35. The molecule has 2 aliphatic heterocycles. The number of nitrogens with zero attached hydrogens (tertiary/aromatic N) is 2. The number of aromatic nitrogens is 1. The third-order valence-corrected chi connectivity index (χ3v) is 7.08. The molecule has 3 aliphatic rings. The van der Waals surface area contributed by atoms with Crippen molar-refractivity contribution in [3.63, 3.8) is 0 Å². The van der Waals surface area contributed by atoms with Crippen molar-refractivity contribution in [3.05, 3.63) is 58.3 Å². The van der Waals surface area contributed by atoms with E-state index in [1.54, 1.807) is 11.1 Å². The van der Waals surface area contributed by atoms with Crippen molar-refractivity contribution in [3.8, 4) is 0 Å². The van der Waals surface area contributed by atoms with Crippen molar-refractivity contribution in [2.24, 2.45) is 5.92 Å². The minimum absolute atomic E-state index is 0.0845. The second kappa shape index (κ2) is 7.10. The van der Waals surface area contributed by atoms with Crippen molar-refractivity contribution in [2.75, 3.05) is 4.90 Å². The molecule has 3 unspecified atom stereocenters. The first-order chi connectivity index (χ1) is 14.1. The van der Waals surface area contributed by atoms with Crippen LogP contribution in [0.3, 0.4) is 0 Å². The van der Waals surface area contributed by atoms with Crippen LogP contribution in [0.4, 0.5) is 5.13 Å². The maximum absolute atomic E-state index is 13.5. The summed E-state index contributed by atoms with van der Waals surface area (Å²) in [6.07, 6.45) is 5.28. The van der Waals surface area contributed by atoms with Gasteiger partial charge in [-0.3, -0.25) is 14.5 Å². The number of Topliss-reactive ketones (excluding diaryl/α,β-unsaturated/α-hetero) is 1. The van der Waals surface area contributed by atoms with Gasteiger partial charge in [0.1, 0.15) is 6.10 Å². The molecule has 2 aromatic rings. The molecule has 3 heterocycles. The summed E-state index contributed by atoms with van der Waals surface area (Å²) in [7, 11) is 0. The maximum Gasteiger partial charge on any atom is 0.296 e. The number of fused-ring (bicyclic) bond motifs is 1. The zero-order valence-corrected chi connectivity index (χ0v) is 17.4. The number of hydrogen-bond acceptors (Lipinski definition) is 5. The fourth-order valence-corrected chi connectivity index (χ4v) is 5.42. The number of carbonyl (C=O) groups is 2. The fraction of sp³-hybridized carbons (Fsp3) is 0.435. The lowest BCUT2D eigenvalue weighted by Crippen LogP contribution is -2.39. The van der Waals surface area contributed by atoms with Crippen molar-refractivity contribution in [1.29, 1.82) is 0 Å². The van der Waals surface area contributed by atoms with E-state index < -0.39 is 6.04 Å². The van der Waals surface area contributed by atoms with E-state index in [0.29, 0.717) is 16.6 Å². The zero-order chi connectivity index (χ0) is 20.1. The molecule has 29 heavy (non-hydrogen) atoms. The van der Waals surface area contributed by atoms with Crippen LogP contribution in [0.2, 0.25) is 0 Å². The monoisotopic (exact) mass is 408 g/mol. The van der Waals surface area contributed by atoms with Crippen LogP contribution in [-0.4, -0.2) is 22.8 Å². The van der Waals surface area contributed by atoms with Gasteiger partial charge in [-0.15, -0.1) is 11.3 Å².